The Morgan fingerprint density at radius 3 is 2.61 bits per heavy atom. The summed E-state index contributed by atoms with van der Waals surface area (Å²) < 4.78 is 5.88. The zero-order valence-corrected chi connectivity index (χ0v) is 13.0. The first-order valence-corrected chi connectivity index (χ1v) is 8.21. The van der Waals surface area contributed by atoms with E-state index in [0.29, 0.717) is 0 Å². The van der Waals surface area contributed by atoms with E-state index in [1.807, 2.05) is 48.9 Å². The van der Waals surface area contributed by atoms with Crippen molar-refractivity contribution >= 4 is 6.21 Å². The highest BCUT2D eigenvalue weighted by Crippen LogP contribution is 2.32. The first kappa shape index (κ1) is 14.3. The molecule has 118 valence electrons. The third kappa shape index (κ3) is 2.97. The number of nitrogens with zero attached hydrogens (tertiary/aromatic N) is 4. The van der Waals surface area contributed by atoms with Crippen molar-refractivity contribution in [3.05, 3.63) is 48.3 Å². The molecule has 2 unspecified atom stereocenters. The molecule has 2 aliphatic rings. The van der Waals surface area contributed by atoms with Crippen molar-refractivity contribution in [2.45, 2.75) is 38.0 Å². The average molecular weight is 308 g/mol. The van der Waals surface area contributed by atoms with Gasteiger partial charge in [0.05, 0.1) is 6.04 Å². The lowest BCUT2D eigenvalue weighted by Gasteiger charge is -2.34. The first-order chi connectivity index (χ1) is 11.4. The molecule has 3 heterocycles. The Morgan fingerprint density at radius 1 is 1.04 bits per heavy atom. The molecule has 1 aromatic heterocycles. The standard InChI is InChI=1S/C18H20N4O/c1-2-6-14(7-3-1)18-19-12-15(13-20-18)16-9-10-21-22(16)17-8-4-5-11-23-17/h1-3,6-7,10,12-13,16-17H,4-5,8-9,11H2. The van der Waals surface area contributed by atoms with Crippen molar-refractivity contribution in [1.29, 1.82) is 0 Å². The van der Waals surface area contributed by atoms with Gasteiger partial charge >= 0.3 is 0 Å². The minimum Gasteiger partial charge on any atom is -0.357 e. The van der Waals surface area contributed by atoms with Crippen LogP contribution in [-0.4, -0.2) is 34.0 Å². The molecule has 2 atom stereocenters. The monoisotopic (exact) mass is 308 g/mol. The topological polar surface area (TPSA) is 50.6 Å². The fraction of sp³-hybridized carbons (Fsp3) is 0.389. The summed E-state index contributed by atoms with van der Waals surface area (Å²) in [6.45, 7) is 0.826. The summed E-state index contributed by atoms with van der Waals surface area (Å²) in [7, 11) is 0. The van der Waals surface area contributed by atoms with Crippen LogP contribution in [0.2, 0.25) is 0 Å². The van der Waals surface area contributed by atoms with E-state index in [1.54, 1.807) is 0 Å². The van der Waals surface area contributed by atoms with E-state index in [9.17, 15) is 0 Å². The molecule has 0 N–H and O–H groups in total. The summed E-state index contributed by atoms with van der Waals surface area (Å²) in [5.41, 5.74) is 2.13. The minimum absolute atomic E-state index is 0.0845. The fourth-order valence-corrected chi connectivity index (χ4v) is 3.17. The van der Waals surface area contributed by atoms with E-state index in [2.05, 4.69) is 20.1 Å². The van der Waals surface area contributed by atoms with Crippen LogP contribution in [-0.2, 0) is 4.74 Å². The van der Waals surface area contributed by atoms with Crippen LogP contribution < -0.4 is 0 Å². The number of rotatable bonds is 3. The van der Waals surface area contributed by atoms with Crippen LogP contribution in [0.15, 0.2) is 47.8 Å². The van der Waals surface area contributed by atoms with Gasteiger partial charge in [0.15, 0.2) is 5.82 Å². The summed E-state index contributed by atoms with van der Waals surface area (Å²) in [6, 6.07) is 10.2. The van der Waals surface area contributed by atoms with Crippen molar-refractivity contribution in [1.82, 2.24) is 15.0 Å². The fourth-order valence-electron chi connectivity index (χ4n) is 3.17. The summed E-state index contributed by atoms with van der Waals surface area (Å²) in [6.07, 6.45) is 10.2. The molecule has 0 radical (unpaired) electrons. The highest BCUT2D eigenvalue weighted by atomic mass is 16.5. The number of hydrazone groups is 1. The molecule has 1 fully saturated rings. The third-order valence-electron chi connectivity index (χ3n) is 4.40. The van der Waals surface area contributed by atoms with Gasteiger partial charge in [0.2, 0.25) is 0 Å². The van der Waals surface area contributed by atoms with Crippen molar-refractivity contribution in [2.24, 2.45) is 5.10 Å². The van der Waals surface area contributed by atoms with Crippen molar-refractivity contribution in [2.75, 3.05) is 6.61 Å². The maximum absolute atomic E-state index is 5.88. The second-order valence-corrected chi connectivity index (χ2v) is 5.96. The molecule has 0 saturated carbocycles. The highest BCUT2D eigenvalue weighted by Gasteiger charge is 2.31. The molecule has 0 bridgehead atoms. The highest BCUT2D eigenvalue weighted by molar-refractivity contribution is 5.61. The lowest BCUT2D eigenvalue weighted by Crippen LogP contribution is -2.36. The third-order valence-corrected chi connectivity index (χ3v) is 4.40. The second-order valence-electron chi connectivity index (χ2n) is 5.96. The van der Waals surface area contributed by atoms with E-state index >= 15 is 0 Å². The van der Waals surface area contributed by atoms with Crippen LogP contribution >= 0.6 is 0 Å². The van der Waals surface area contributed by atoms with Crippen molar-refractivity contribution in [3.63, 3.8) is 0 Å². The Bertz CT molecular complexity index is 665. The van der Waals surface area contributed by atoms with Gasteiger partial charge in [-0.05, 0) is 19.3 Å². The number of hydrogen-bond acceptors (Lipinski definition) is 5. The lowest BCUT2D eigenvalue weighted by atomic mass is 10.1. The van der Waals surface area contributed by atoms with Gasteiger partial charge in [-0.25, -0.2) is 9.97 Å². The van der Waals surface area contributed by atoms with Crippen LogP contribution in [0.3, 0.4) is 0 Å². The van der Waals surface area contributed by atoms with Crippen molar-refractivity contribution < 1.29 is 4.74 Å². The quantitative estimate of drug-likeness (QED) is 0.872. The van der Waals surface area contributed by atoms with Crippen LogP contribution in [0, 0.1) is 0 Å². The van der Waals surface area contributed by atoms with Gasteiger partial charge in [0.1, 0.15) is 6.23 Å². The van der Waals surface area contributed by atoms with Gasteiger partial charge in [-0.15, -0.1) is 0 Å². The Morgan fingerprint density at radius 2 is 1.87 bits per heavy atom. The minimum atomic E-state index is 0.0845. The molecular weight excluding hydrogens is 288 g/mol. The molecule has 5 nitrogen and oxygen atoms in total. The van der Waals surface area contributed by atoms with E-state index in [4.69, 9.17) is 4.74 Å². The molecule has 1 saturated heterocycles. The second kappa shape index (κ2) is 6.46. The van der Waals surface area contributed by atoms with Gasteiger partial charge in [-0.2, -0.15) is 5.10 Å². The van der Waals surface area contributed by atoms with Crippen LogP contribution in [0.4, 0.5) is 0 Å². The molecular formula is C18H20N4O. The van der Waals surface area contributed by atoms with Gasteiger partial charge < -0.3 is 4.74 Å². The molecule has 0 spiro atoms. The Labute approximate surface area is 136 Å². The summed E-state index contributed by atoms with van der Waals surface area (Å²) >= 11 is 0. The van der Waals surface area contributed by atoms with Gasteiger partial charge in [0.25, 0.3) is 0 Å². The maximum atomic E-state index is 5.88. The van der Waals surface area contributed by atoms with Gasteiger partial charge in [0, 0.05) is 42.8 Å². The Kier molecular flexibility index (Phi) is 4.03. The molecule has 4 rings (SSSR count). The van der Waals surface area contributed by atoms with Crippen LogP contribution in [0.5, 0.6) is 0 Å². The normalized spacial score (nSPS) is 24.1. The summed E-state index contributed by atoms with van der Waals surface area (Å²) in [5.74, 6) is 0.758. The van der Waals surface area contributed by atoms with Crippen molar-refractivity contribution in [3.8, 4) is 11.4 Å². The van der Waals surface area contributed by atoms with Crippen LogP contribution in [0.1, 0.15) is 37.3 Å². The zero-order valence-electron chi connectivity index (χ0n) is 13.0. The van der Waals surface area contributed by atoms with E-state index < -0.39 is 0 Å². The Hall–Kier alpha value is -2.27. The summed E-state index contributed by atoms with van der Waals surface area (Å²) in [5, 5.41) is 6.61. The molecule has 23 heavy (non-hydrogen) atoms. The smallest absolute Gasteiger partial charge is 0.159 e. The lowest BCUT2D eigenvalue weighted by molar-refractivity contribution is -0.0978. The van der Waals surface area contributed by atoms with E-state index in [1.165, 1.54) is 6.42 Å². The molecule has 0 amide bonds. The van der Waals surface area contributed by atoms with Crippen LogP contribution in [0.25, 0.3) is 11.4 Å². The SMILES string of the molecule is C1=NN(C2CCCCO2)C(c2cnc(-c3ccccc3)nc2)C1. The Balaban J connectivity index is 1.53. The molecule has 2 aromatic rings. The number of aromatic nitrogens is 2. The van der Waals surface area contributed by atoms with Gasteiger partial charge in [-0.3, -0.25) is 5.01 Å². The van der Waals surface area contributed by atoms with Gasteiger partial charge in [-0.1, -0.05) is 30.3 Å². The summed E-state index contributed by atoms with van der Waals surface area (Å²) in [4.78, 5) is 9.08. The largest absolute Gasteiger partial charge is 0.357 e. The zero-order chi connectivity index (χ0) is 15.5. The van der Waals surface area contributed by atoms with E-state index in [-0.39, 0.29) is 12.3 Å². The molecule has 0 aliphatic carbocycles. The first-order valence-electron chi connectivity index (χ1n) is 8.21. The molecule has 2 aliphatic heterocycles. The number of hydrogen-bond donors (Lipinski definition) is 0. The van der Waals surface area contributed by atoms with E-state index in [0.717, 1.165) is 42.8 Å². The molecule has 5 heteroatoms. The maximum Gasteiger partial charge on any atom is 0.159 e. The molecule has 1 aromatic carbocycles. The number of benzene rings is 1. The average Bonchev–Trinajstić information content (AvgIpc) is 3.13. The predicted molar refractivity (Wildman–Crippen MR) is 88.7 cm³/mol. The number of ether oxygens (including phenoxy) is 1. The predicted octanol–water partition coefficient (Wildman–Crippen LogP) is 3.40.